The van der Waals surface area contributed by atoms with Gasteiger partial charge in [0.1, 0.15) is 6.04 Å². The lowest BCUT2D eigenvalue weighted by Gasteiger charge is -2.26. The summed E-state index contributed by atoms with van der Waals surface area (Å²) in [5.74, 6) is -0.567. The van der Waals surface area contributed by atoms with Gasteiger partial charge in [0.05, 0.1) is 11.4 Å². The van der Waals surface area contributed by atoms with Gasteiger partial charge in [0.25, 0.3) is 5.91 Å². The van der Waals surface area contributed by atoms with E-state index in [9.17, 15) is 18.4 Å². The van der Waals surface area contributed by atoms with Gasteiger partial charge in [-0.15, -0.1) is 0 Å². The van der Waals surface area contributed by atoms with E-state index >= 15 is 0 Å². The quantitative estimate of drug-likeness (QED) is 0.789. The number of rotatable bonds is 6. The zero-order valence-corrected chi connectivity index (χ0v) is 15.4. The molecule has 0 unspecified atom stereocenters. The summed E-state index contributed by atoms with van der Waals surface area (Å²) < 4.78 is 27.4. The molecule has 1 atom stereocenters. The third kappa shape index (κ3) is 3.51. The lowest BCUT2D eigenvalue weighted by molar-refractivity contribution is -0.159. The van der Waals surface area contributed by atoms with Crippen LogP contribution in [0.25, 0.3) is 11.1 Å². The standard InChI is InChI=1S/C19H22N2O4S/c1-2-13-21(18-12-14-20(23)19(18)22)26(24,25)17-10-8-16(9-11-17)15-6-4-3-5-7-15/h3-11,18,23H,2,12-14H2,1H3/t18-/m1/s1. The number of hydroxylamine groups is 2. The van der Waals surface area contributed by atoms with Crippen LogP contribution in [0.1, 0.15) is 19.8 Å². The lowest BCUT2D eigenvalue weighted by Crippen LogP contribution is -2.45. The molecule has 3 rings (SSSR count). The molecule has 1 aliphatic heterocycles. The molecule has 1 amide bonds. The Balaban J connectivity index is 1.91. The highest BCUT2D eigenvalue weighted by Crippen LogP contribution is 2.26. The highest BCUT2D eigenvalue weighted by Gasteiger charge is 2.41. The van der Waals surface area contributed by atoms with Crippen molar-refractivity contribution in [3.8, 4) is 11.1 Å². The van der Waals surface area contributed by atoms with Gasteiger partial charge >= 0.3 is 0 Å². The maximum Gasteiger partial charge on any atom is 0.264 e. The fraction of sp³-hybridized carbons (Fsp3) is 0.316. The van der Waals surface area contributed by atoms with Crippen LogP contribution in [0.15, 0.2) is 59.5 Å². The van der Waals surface area contributed by atoms with Gasteiger partial charge < -0.3 is 0 Å². The van der Waals surface area contributed by atoms with Gasteiger partial charge in [-0.3, -0.25) is 10.0 Å². The van der Waals surface area contributed by atoms with E-state index in [1.54, 1.807) is 24.3 Å². The molecule has 0 aliphatic carbocycles. The van der Waals surface area contributed by atoms with E-state index in [1.807, 2.05) is 37.3 Å². The minimum absolute atomic E-state index is 0.145. The molecule has 138 valence electrons. The Labute approximate surface area is 153 Å². The van der Waals surface area contributed by atoms with Crippen molar-refractivity contribution in [1.29, 1.82) is 0 Å². The van der Waals surface area contributed by atoms with Crippen LogP contribution in [0, 0.1) is 0 Å². The van der Waals surface area contributed by atoms with Crippen LogP contribution in [-0.4, -0.2) is 48.0 Å². The van der Waals surface area contributed by atoms with E-state index in [0.29, 0.717) is 11.5 Å². The first kappa shape index (κ1) is 18.6. The average molecular weight is 374 g/mol. The fourth-order valence-electron chi connectivity index (χ4n) is 3.17. The second-order valence-electron chi connectivity index (χ2n) is 6.27. The van der Waals surface area contributed by atoms with E-state index in [4.69, 9.17) is 0 Å². The van der Waals surface area contributed by atoms with Gasteiger partial charge in [-0.1, -0.05) is 49.4 Å². The first-order valence-corrected chi connectivity index (χ1v) is 10.1. The lowest BCUT2D eigenvalue weighted by atomic mass is 10.1. The summed E-state index contributed by atoms with van der Waals surface area (Å²) in [6, 6.07) is 15.5. The third-order valence-corrected chi connectivity index (χ3v) is 6.44. The number of amides is 1. The molecule has 7 heteroatoms. The molecule has 0 aromatic heterocycles. The van der Waals surface area contributed by atoms with Crippen molar-refractivity contribution in [2.75, 3.05) is 13.1 Å². The van der Waals surface area contributed by atoms with E-state index in [-0.39, 0.29) is 24.4 Å². The molecular formula is C19H22N2O4S. The first-order chi connectivity index (χ1) is 12.4. The minimum atomic E-state index is -3.83. The molecule has 1 N–H and O–H groups in total. The number of nitrogens with zero attached hydrogens (tertiary/aromatic N) is 2. The number of sulfonamides is 1. The number of carbonyl (C=O) groups is 1. The molecule has 6 nitrogen and oxygen atoms in total. The zero-order valence-electron chi connectivity index (χ0n) is 14.6. The molecule has 0 saturated carbocycles. The largest absolute Gasteiger partial charge is 0.286 e. The minimum Gasteiger partial charge on any atom is -0.286 e. The van der Waals surface area contributed by atoms with Crippen LogP contribution >= 0.6 is 0 Å². The predicted octanol–water partition coefficient (Wildman–Crippen LogP) is 2.74. The third-order valence-electron chi connectivity index (χ3n) is 4.51. The van der Waals surface area contributed by atoms with Crippen molar-refractivity contribution in [1.82, 2.24) is 9.37 Å². The summed E-state index contributed by atoms with van der Waals surface area (Å²) in [6.45, 7) is 2.23. The molecule has 2 aromatic rings. The number of hydrogen-bond donors (Lipinski definition) is 1. The van der Waals surface area contributed by atoms with E-state index in [1.165, 1.54) is 4.31 Å². The second kappa shape index (κ2) is 7.57. The van der Waals surface area contributed by atoms with Crippen LogP contribution in [0.5, 0.6) is 0 Å². The van der Waals surface area contributed by atoms with Crippen LogP contribution in [0.4, 0.5) is 0 Å². The maximum atomic E-state index is 13.1. The monoisotopic (exact) mass is 374 g/mol. The normalized spacial score (nSPS) is 17.9. The van der Waals surface area contributed by atoms with Crippen molar-refractivity contribution in [2.45, 2.75) is 30.7 Å². The van der Waals surface area contributed by atoms with Crippen molar-refractivity contribution in [2.24, 2.45) is 0 Å². The number of carbonyl (C=O) groups excluding carboxylic acids is 1. The molecule has 0 bridgehead atoms. The highest BCUT2D eigenvalue weighted by atomic mass is 32.2. The SMILES string of the molecule is CCCN([C@@H]1CCN(O)C1=O)S(=O)(=O)c1ccc(-c2ccccc2)cc1. The number of hydrogen-bond acceptors (Lipinski definition) is 4. The highest BCUT2D eigenvalue weighted by molar-refractivity contribution is 7.89. The summed E-state index contributed by atoms with van der Waals surface area (Å²) in [6.07, 6.45) is 0.868. The first-order valence-electron chi connectivity index (χ1n) is 8.62. The van der Waals surface area contributed by atoms with E-state index in [2.05, 4.69) is 0 Å². The second-order valence-corrected chi connectivity index (χ2v) is 8.16. The Bertz CT molecular complexity index is 866. The van der Waals surface area contributed by atoms with Crippen molar-refractivity contribution in [3.05, 3.63) is 54.6 Å². The number of benzene rings is 2. The Kier molecular flexibility index (Phi) is 5.41. The van der Waals surface area contributed by atoms with Crippen LogP contribution < -0.4 is 0 Å². The molecule has 26 heavy (non-hydrogen) atoms. The summed E-state index contributed by atoms with van der Waals surface area (Å²) in [5, 5.41) is 10.1. The van der Waals surface area contributed by atoms with Gasteiger partial charge in [-0.05, 0) is 36.1 Å². The Morgan fingerprint density at radius 1 is 1.08 bits per heavy atom. The Hall–Kier alpha value is -2.22. The maximum absolute atomic E-state index is 13.1. The summed E-state index contributed by atoms with van der Waals surface area (Å²) in [5.41, 5.74) is 1.92. The summed E-state index contributed by atoms with van der Waals surface area (Å²) in [4.78, 5) is 12.3. The molecule has 1 heterocycles. The fourth-order valence-corrected chi connectivity index (χ4v) is 4.87. The molecule has 2 aromatic carbocycles. The van der Waals surface area contributed by atoms with Gasteiger partial charge in [0.15, 0.2) is 0 Å². The Morgan fingerprint density at radius 3 is 2.23 bits per heavy atom. The molecular weight excluding hydrogens is 352 g/mol. The van der Waals surface area contributed by atoms with Crippen LogP contribution in [-0.2, 0) is 14.8 Å². The summed E-state index contributed by atoms with van der Waals surface area (Å²) in [7, 11) is -3.83. The van der Waals surface area contributed by atoms with Crippen LogP contribution in [0.2, 0.25) is 0 Å². The molecule has 0 radical (unpaired) electrons. The van der Waals surface area contributed by atoms with Crippen LogP contribution in [0.3, 0.4) is 0 Å². The van der Waals surface area contributed by atoms with Gasteiger partial charge in [0.2, 0.25) is 10.0 Å². The topological polar surface area (TPSA) is 77.9 Å². The van der Waals surface area contributed by atoms with Crippen molar-refractivity contribution < 1.29 is 18.4 Å². The Morgan fingerprint density at radius 2 is 1.69 bits per heavy atom. The van der Waals surface area contributed by atoms with Crippen molar-refractivity contribution >= 4 is 15.9 Å². The molecule has 1 aliphatic rings. The van der Waals surface area contributed by atoms with Gasteiger partial charge in [-0.2, -0.15) is 4.31 Å². The molecule has 1 saturated heterocycles. The smallest absolute Gasteiger partial charge is 0.264 e. The summed E-state index contributed by atoms with van der Waals surface area (Å²) >= 11 is 0. The van der Waals surface area contributed by atoms with E-state index in [0.717, 1.165) is 11.1 Å². The zero-order chi connectivity index (χ0) is 18.7. The molecule has 1 fully saturated rings. The van der Waals surface area contributed by atoms with Gasteiger partial charge in [-0.25, -0.2) is 13.5 Å². The average Bonchev–Trinajstić information content (AvgIpc) is 2.99. The molecule has 0 spiro atoms. The van der Waals surface area contributed by atoms with E-state index < -0.39 is 22.0 Å². The van der Waals surface area contributed by atoms with Gasteiger partial charge in [0, 0.05) is 6.54 Å². The van der Waals surface area contributed by atoms with Crippen molar-refractivity contribution in [3.63, 3.8) is 0 Å². The predicted molar refractivity (Wildman–Crippen MR) is 98.0 cm³/mol.